The largest absolute Gasteiger partial charge is 0.443 e. The van der Waals surface area contributed by atoms with Gasteiger partial charge in [-0.05, 0) is 32.3 Å². The highest BCUT2D eigenvalue weighted by atomic mass is 16.6. The summed E-state index contributed by atoms with van der Waals surface area (Å²) < 4.78 is 5.28. The number of nitrogens with zero attached hydrogens (tertiary/aromatic N) is 1. The Kier molecular flexibility index (Phi) is 5.55. The highest BCUT2D eigenvalue weighted by molar-refractivity contribution is 5.80. The van der Waals surface area contributed by atoms with E-state index in [2.05, 4.69) is 0 Å². The first-order valence-electron chi connectivity index (χ1n) is 6.47. The van der Waals surface area contributed by atoms with Crippen molar-refractivity contribution >= 4 is 12.5 Å². The maximum Gasteiger partial charge on any atom is 0.416 e. The van der Waals surface area contributed by atoms with E-state index in [-0.39, 0.29) is 0 Å². The minimum Gasteiger partial charge on any atom is -0.443 e. The minimum absolute atomic E-state index is 0.326. The molecule has 0 atom stereocenters. The van der Waals surface area contributed by atoms with Gasteiger partial charge in [-0.3, -0.25) is 4.79 Å². The van der Waals surface area contributed by atoms with Crippen LogP contribution in [0, 0.1) is 0 Å². The van der Waals surface area contributed by atoms with E-state index >= 15 is 0 Å². The quantitative estimate of drug-likeness (QED) is 0.741. The molecular formula is C15H21NO3. The molecule has 0 heterocycles. The molecule has 0 radical (unpaired) electrons. The van der Waals surface area contributed by atoms with Crippen LogP contribution in [0.5, 0.6) is 0 Å². The van der Waals surface area contributed by atoms with E-state index in [1.807, 2.05) is 51.1 Å². The fraction of sp³-hybridized carbons (Fsp3) is 0.467. The Labute approximate surface area is 114 Å². The zero-order chi connectivity index (χ0) is 14.3. The topological polar surface area (TPSA) is 46.6 Å². The summed E-state index contributed by atoms with van der Waals surface area (Å²) in [7, 11) is 0. The van der Waals surface area contributed by atoms with Crippen molar-refractivity contribution in [3.8, 4) is 0 Å². The van der Waals surface area contributed by atoms with Gasteiger partial charge in [0.25, 0.3) is 0 Å². The van der Waals surface area contributed by atoms with Crippen molar-refractivity contribution in [2.24, 2.45) is 0 Å². The maximum absolute atomic E-state index is 11.8. The Hall–Kier alpha value is -1.84. The van der Waals surface area contributed by atoms with Crippen molar-refractivity contribution in [1.82, 2.24) is 4.90 Å². The van der Waals surface area contributed by atoms with Crippen LogP contribution in [0.4, 0.5) is 4.79 Å². The summed E-state index contributed by atoms with van der Waals surface area (Å²) in [6, 6.07) is 9.71. The van der Waals surface area contributed by atoms with Crippen LogP contribution in [0.2, 0.25) is 0 Å². The number of ether oxygens (including phenoxy) is 1. The van der Waals surface area contributed by atoms with Gasteiger partial charge in [-0.2, -0.15) is 0 Å². The van der Waals surface area contributed by atoms with Crippen LogP contribution >= 0.6 is 0 Å². The molecule has 0 spiro atoms. The molecule has 1 aromatic rings. The van der Waals surface area contributed by atoms with Crippen LogP contribution < -0.4 is 0 Å². The van der Waals surface area contributed by atoms with Crippen LogP contribution in [-0.2, 0) is 16.0 Å². The SMILES string of the molecule is CCC(C)(C)OC(=O)N(C=O)CCc1ccccc1. The summed E-state index contributed by atoms with van der Waals surface area (Å²) >= 11 is 0. The summed E-state index contributed by atoms with van der Waals surface area (Å²) in [5.41, 5.74) is 0.530. The first kappa shape index (κ1) is 15.2. The number of carbonyl (C=O) groups is 2. The van der Waals surface area contributed by atoms with E-state index in [0.717, 1.165) is 10.5 Å². The maximum atomic E-state index is 11.8. The lowest BCUT2D eigenvalue weighted by molar-refractivity contribution is -0.117. The van der Waals surface area contributed by atoms with Crippen molar-refractivity contribution < 1.29 is 14.3 Å². The molecule has 104 valence electrons. The summed E-state index contributed by atoms with van der Waals surface area (Å²) in [6.45, 7) is 5.91. The van der Waals surface area contributed by atoms with Crippen molar-refractivity contribution in [3.63, 3.8) is 0 Å². The second-order valence-corrected chi connectivity index (χ2v) is 5.02. The Morgan fingerprint density at radius 3 is 2.47 bits per heavy atom. The standard InChI is InChI=1S/C15H21NO3/c1-4-15(2,3)19-14(18)16(12-17)11-10-13-8-6-5-7-9-13/h5-9,12H,4,10-11H2,1-3H3. The van der Waals surface area contributed by atoms with Crippen molar-refractivity contribution in [3.05, 3.63) is 35.9 Å². The van der Waals surface area contributed by atoms with Gasteiger partial charge in [0.15, 0.2) is 0 Å². The monoisotopic (exact) mass is 263 g/mol. The minimum atomic E-state index is -0.585. The number of benzene rings is 1. The number of hydrogen-bond acceptors (Lipinski definition) is 3. The Bertz CT molecular complexity index is 415. The zero-order valence-electron chi connectivity index (χ0n) is 11.8. The second kappa shape index (κ2) is 6.92. The Morgan fingerprint density at radius 1 is 1.32 bits per heavy atom. The Balaban J connectivity index is 2.54. The molecule has 19 heavy (non-hydrogen) atoms. The predicted octanol–water partition coefficient (Wildman–Crippen LogP) is 3.01. The van der Waals surface area contributed by atoms with Gasteiger partial charge in [-0.1, -0.05) is 37.3 Å². The molecule has 4 nitrogen and oxygen atoms in total. The van der Waals surface area contributed by atoms with E-state index in [9.17, 15) is 9.59 Å². The third-order valence-electron chi connectivity index (χ3n) is 3.06. The number of rotatable bonds is 6. The smallest absolute Gasteiger partial charge is 0.416 e. The lowest BCUT2D eigenvalue weighted by Gasteiger charge is -2.26. The van der Waals surface area contributed by atoms with E-state index in [0.29, 0.717) is 25.8 Å². The van der Waals surface area contributed by atoms with Gasteiger partial charge < -0.3 is 4.74 Å². The van der Waals surface area contributed by atoms with Crippen LogP contribution in [0.25, 0.3) is 0 Å². The van der Waals surface area contributed by atoms with E-state index in [4.69, 9.17) is 4.74 Å². The summed E-state index contributed by atoms with van der Waals surface area (Å²) in [6.07, 6.45) is 1.26. The third kappa shape index (κ3) is 5.12. The van der Waals surface area contributed by atoms with E-state index in [1.165, 1.54) is 0 Å². The molecule has 0 aliphatic heterocycles. The molecule has 2 amide bonds. The zero-order valence-corrected chi connectivity index (χ0v) is 11.8. The first-order chi connectivity index (χ1) is 8.98. The van der Waals surface area contributed by atoms with Crippen molar-refractivity contribution in [1.29, 1.82) is 0 Å². The lowest BCUT2D eigenvalue weighted by Crippen LogP contribution is -2.38. The normalized spacial score (nSPS) is 10.9. The molecule has 0 saturated carbocycles. The molecule has 0 aliphatic rings. The first-order valence-corrected chi connectivity index (χ1v) is 6.47. The van der Waals surface area contributed by atoms with Crippen LogP contribution in [0.3, 0.4) is 0 Å². The van der Waals surface area contributed by atoms with Gasteiger partial charge in [0.1, 0.15) is 5.60 Å². The van der Waals surface area contributed by atoms with Crippen molar-refractivity contribution in [2.75, 3.05) is 6.54 Å². The third-order valence-corrected chi connectivity index (χ3v) is 3.06. The molecule has 0 aromatic heterocycles. The average molecular weight is 263 g/mol. The van der Waals surface area contributed by atoms with Gasteiger partial charge in [0.2, 0.25) is 6.41 Å². The fourth-order valence-electron chi connectivity index (χ4n) is 1.45. The van der Waals surface area contributed by atoms with Crippen LogP contribution in [0.15, 0.2) is 30.3 Å². The molecule has 4 heteroatoms. The summed E-state index contributed by atoms with van der Waals surface area (Å²) in [4.78, 5) is 23.9. The number of imide groups is 1. The second-order valence-electron chi connectivity index (χ2n) is 5.02. The van der Waals surface area contributed by atoms with Gasteiger partial charge in [0, 0.05) is 6.54 Å². The van der Waals surface area contributed by atoms with Crippen molar-refractivity contribution in [2.45, 2.75) is 39.2 Å². The summed E-state index contributed by atoms with van der Waals surface area (Å²) in [5.74, 6) is 0. The highest BCUT2D eigenvalue weighted by Gasteiger charge is 2.24. The molecule has 0 N–H and O–H groups in total. The highest BCUT2D eigenvalue weighted by Crippen LogP contribution is 2.15. The molecule has 0 aliphatic carbocycles. The van der Waals surface area contributed by atoms with Gasteiger partial charge >= 0.3 is 6.09 Å². The molecule has 0 bridgehead atoms. The fourth-order valence-corrected chi connectivity index (χ4v) is 1.45. The van der Waals surface area contributed by atoms with Gasteiger partial charge in [-0.15, -0.1) is 0 Å². The lowest BCUT2D eigenvalue weighted by atomic mass is 10.1. The van der Waals surface area contributed by atoms with Gasteiger partial charge in [0.05, 0.1) is 0 Å². The molecular weight excluding hydrogens is 242 g/mol. The Morgan fingerprint density at radius 2 is 1.95 bits per heavy atom. The van der Waals surface area contributed by atoms with E-state index < -0.39 is 11.7 Å². The average Bonchev–Trinajstić information content (AvgIpc) is 2.40. The molecule has 0 saturated heterocycles. The molecule has 0 unspecified atom stereocenters. The number of hydrogen-bond donors (Lipinski definition) is 0. The van der Waals surface area contributed by atoms with E-state index in [1.54, 1.807) is 0 Å². The predicted molar refractivity (Wildman–Crippen MR) is 73.8 cm³/mol. The molecule has 1 aromatic carbocycles. The summed E-state index contributed by atoms with van der Waals surface area (Å²) in [5, 5.41) is 0. The molecule has 0 fully saturated rings. The number of carbonyl (C=O) groups excluding carboxylic acids is 2. The van der Waals surface area contributed by atoms with Crippen LogP contribution in [-0.4, -0.2) is 29.5 Å². The number of amides is 2. The van der Waals surface area contributed by atoms with Gasteiger partial charge in [-0.25, -0.2) is 9.69 Å². The van der Waals surface area contributed by atoms with Crippen LogP contribution in [0.1, 0.15) is 32.8 Å². The molecule has 1 rings (SSSR count).